The van der Waals surface area contributed by atoms with E-state index in [1.54, 1.807) is 31.2 Å². The van der Waals surface area contributed by atoms with Crippen LogP contribution in [0.5, 0.6) is 5.75 Å². The summed E-state index contributed by atoms with van der Waals surface area (Å²) in [6, 6.07) is 15.1. The zero-order valence-corrected chi connectivity index (χ0v) is 18.5. The van der Waals surface area contributed by atoms with Gasteiger partial charge < -0.3 is 9.47 Å². The van der Waals surface area contributed by atoms with Crippen LogP contribution in [-0.2, 0) is 9.53 Å². The van der Waals surface area contributed by atoms with Gasteiger partial charge in [0.25, 0.3) is 0 Å². The maximum atomic E-state index is 14.4. The van der Waals surface area contributed by atoms with E-state index in [1.165, 1.54) is 30.3 Å². The molecule has 182 valence electrons. The molecule has 1 aliphatic rings. The summed E-state index contributed by atoms with van der Waals surface area (Å²) >= 11 is 0. The van der Waals surface area contributed by atoms with E-state index in [9.17, 15) is 26.7 Å². The fraction of sp³-hybridized carbons (Fsp3) is 0.231. The summed E-state index contributed by atoms with van der Waals surface area (Å²) in [5.74, 6) is -3.13. The number of carbonyl (C=O) groups is 1. The molecule has 1 heterocycles. The monoisotopic (exact) mass is 489 g/mol. The smallest absolute Gasteiger partial charge is 0.466 e. The second-order valence-electron chi connectivity index (χ2n) is 7.87. The first-order chi connectivity index (χ1) is 16.7. The quantitative estimate of drug-likeness (QED) is 0.288. The SMILES string of the molecule is CCOC(=O)[C@H]1CC(c2c(F)cccc2F)=N[C@H]1c1ccc(-c2ccc(OC(F)(F)F)cc2)cc1. The van der Waals surface area contributed by atoms with Gasteiger partial charge in [-0.3, -0.25) is 9.79 Å². The second-order valence-corrected chi connectivity index (χ2v) is 7.87. The Bertz CT molecular complexity index is 1220. The number of benzene rings is 3. The van der Waals surface area contributed by atoms with Gasteiger partial charge in [-0.25, -0.2) is 8.78 Å². The van der Waals surface area contributed by atoms with Gasteiger partial charge in [-0.1, -0.05) is 42.5 Å². The Morgan fingerprint density at radius 3 is 2.06 bits per heavy atom. The Hall–Kier alpha value is -3.75. The highest BCUT2D eigenvalue weighted by molar-refractivity contribution is 6.04. The van der Waals surface area contributed by atoms with Crippen molar-refractivity contribution >= 4 is 11.7 Å². The molecule has 0 unspecified atom stereocenters. The summed E-state index contributed by atoms with van der Waals surface area (Å²) in [5, 5.41) is 0. The van der Waals surface area contributed by atoms with E-state index in [2.05, 4.69) is 9.73 Å². The standard InChI is InChI=1S/C26H20F5NO3/c1-2-34-25(33)19-14-22(23-20(27)4-3-5-21(23)28)32-24(19)17-8-6-15(7-9-17)16-10-12-18(13-11-16)35-26(29,30)31/h3-13,19,24H,2,14H2,1H3/t19-,24-/m0/s1. The van der Waals surface area contributed by atoms with E-state index in [4.69, 9.17) is 4.74 Å². The fourth-order valence-corrected chi connectivity index (χ4v) is 4.06. The summed E-state index contributed by atoms with van der Waals surface area (Å²) in [4.78, 5) is 17.1. The van der Waals surface area contributed by atoms with Crippen molar-refractivity contribution in [3.05, 3.63) is 89.5 Å². The molecule has 35 heavy (non-hydrogen) atoms. The van der Waals surface area contributed by atoms with Crippen molar-refractivity contribution in [2.24, 2.45) is 10.9 Å². The minimum Gasteiger partial charge on any atom is -0.466 e. The van der Waals surface area contributed by atoms with Crippen LogP contribution in [0.2, 0.25) is 0 Å². The highest BCUT2D eigenvalue weighted by Crippen LogP contribution is 2.39. The summed E-state index contributed by atoms with van der Waals surface area (Å²) in [7, 11) is 0. The highest BCUT2D eigenvalue weighted by atomic mass is 19.4. The molecule has 3 aromatic rings. The Morgan fingerprint density at radius 1 is 0.943 bits per heavy atom. The van der Waals surface area contributed by atoms with Crippen LogP contribution >= 0.6 is 0 Å². The number of hydrogen-bond donors (Lipinski definition) is 0. The molecule has 3 aromatic carbocycles. The highest BCUT2D eigenvalue weighted by Gasteiger charge is 2.38. The van der Waals surface area contributed by atoms with Crippen molar-refractivity contribution in [3.8, 4) is 16.9 Å². The third-order valence-electron chi connectivity index (χ3n) is 5.60. The van der Waals surface area contributed by atoms with Gasteiger partial charge in [-0.05, 0) is 47.9 Å². The lowest BCUT2D eigenvalue weighted by Crippen LogP contribution is -2.22. The van der Waals surface area contributed by atoms with Gasteiger partial charge in [0.05, 0.1) is 24.1 Å². The summed E-state index contributed by atoms with van der Waals surface area (Å²) < 4.78 is 74.9. The Kier molecular flexibility index (Phi) is 6.86. The molecule has 4 nitrogen and oxygen atoms in total. The lowest BCUT2D eigenvalue weighted by atomic mass is 9.90. The molecule has 0 fully saturated rings. The predicted octanol–water partition coefficient (Wildman–Crippen LogP) is 6.64. The maximum absolute atomic E-state index is 14.4. The average molecular weight is 489 g/mol. The molecule has 9 heteroatoms. The minimum absolute atomic E-state index is 0.0176. The average Bonchev–Trinajstić information content (AvgIpc) is 3.24. The van der Waals surface area contributed by atoms with Gasteiger partial charge in [0.2, 0.25) is 0 Å². The van der Waals surface area contributed by atoms with Crippen LogP contribution in [0.4, 0.5) is 22.0 Å². The first kappa shape index (κ1) is 24.4. The molecule has 0 saturated carbocycles. The minimum atomic E-state index is -4.77. The molecule has 0 radical (unpaired) electrons. The zero-order valence-electron chi connectivity index (χ0n) is 18.5. The predicted molar refractivity (Wildman–Crippen MR) is 119 cm³/mol. The number of ether oxygens (including phenoxy) is 2. The van der Waals surface area contributed by atoms with Crippen molar-refractivity contribution in [1.29, 1.82) is 0 Å². The van der Waals surface area contributed by atoms with Crippen LogP contribution in [0.3, 0.4) is 0 Å². The fourth-order valence-electron chi connectivity index (χ4n) is 4.06. The van der Waals surface area contributed by atoms with Crippen molar-refractivity contribution in [1.82, 2.24) is 0 Å². The molecule has 0 saturated heterocycles. The van der Waals surface area contributed by atoms with Crippen molar-refractivity contribution in [2.75, 3.05) is 6.61 Å². The van der Waals surface area contributed by atoms with Crippen molar-refractivity contribution in [2.45, 2.75) is 25.7 Å². The van der Waals surface area contributed by atoms with Crippen LogP contribution in [0.1, 0.15) is 30.5 Å². The molecule has 0 N–H and O–H groups in total. The summed E-state index contributed by atoms with van der Waals surface area (Å²) in [6.45, 7) is 1.82. The maximum Gasteiger partial charge on any atom is 0.573 e. The number of esters is 1. The molecule has 2 atom stereocenters. The van der Waals surface area contributed by atoms with Crippen LogP contribution in [-0.4, -0.2) is 24.7 Å². The van der Waals surface area contributed by atoms with E-state index in [1.807, 2.05) is 0 Å². The number of halogens is 5. The first-order valence-corrected chi connectivity index (χ1v) is 10.8. The van der Waals surface area contributed by atoms with Gasteiger partial charge in [0.15, 0.2) is 0 Å². The number of rotatable bonds is 6. The molecule has 0 amide bonds. The third-order valence-corrected chi connectivity index (χ3v) is 5.60. The third kappa shape index (κ3) is 5.50. The van der Waals surface area contributed by atoms with Crippen LogP contribution in [0, 0.1) is 17.6 Å². The number of hydrogen-bond acceptors (Lipinski definition) is 4. The van der Waals surface area contributed by atoms with E-state index in [0.29, 0.717) is 16.7 Å². The lowest BCUT2D eigenvalue weighted by Gasteiger charge is -2.17. The number of nitrogens with zero attached hydrogens (tertiary/aromatic N) is 1. The number of aliphatic imine (C=N–C) groups is 1. The Labute approximate surface area is 198 Å². The molecule has 0 bridgehead atoms. The topological polar surface area (TPSA) is 47.9 Å². The molecular formula is C26H20F5NO3. The van der Waals surface area contributed by atoms with Gasteiger partial charge in [-0.2, -0.15) is 0 Å². The van der Waals surface area contributed by atoms with Crippen LogP contribution in [0.15, 0.2) is 71.7 Å². The molecule has 1 aliphatic heterocycles. The van der Waals surface area contributed by atoms with Gasteiger partial charge >= 0.3 is 12.3 Å². The zero-order chi connectivity index (χ0) is 25.2. The molecular weight excluding hydrogens is 469 g/mol. The summed E-state index contributed by atoms with van der Waals surface area (Å²) in [6.07, 6.45) is -4.76. The van der Waals surface area contributed by atoms with E-state index in [-0.39, 0.29) is 30.1 Å². The normalized spacial score (nSPS) is 17.7. The first-order valence-electron chi connectivity index (χ1n) is 10.8. The van der Waals surface area contributed by atoms with Crippen molar-refractivity contribution < 1.29 is 36.2 Å². The molecule has 0 aromatic heterocycles. The second kappa shape index (κ2) is 9.85. The summed E-state index contributed by atoms with van der Waals surface area (Å²) in [5.41, 5.74) is 1.88. The van der Waals surface area contributed by atoms with E-state index < -0.39 is 35.9 Å². The Morgan fingerprint density at radius 2 is 1.51 bits per heavy atom. The molecule has 0 spiro atoms. The van der Waals surface area contributed by atoms with Crippen molar-refractivity contribution in [3.63, 3.8) is 0 Å². The number of carbonyl (C=O) groups excluding carboxylic acids is 1. The Balaban J connectivity index is 1.62. The molecule has 0 aliphatic carbocycles. The van der Waals surface area contributed by atoms with Gasteiger partial charge in [-0.15, -0.1) is 13.2 Å². The van der Waals surface area contributed by atoms with E-state index in [0.717, 1.165) is 12.1 Å². The van der Waals surface area contributed by atoms with Crippen LogP contribution in [0.25, 0.3) is 11.1 Å². The lowest BCUT2D eigenvalue weighted by molar-refractivity contribution is -0.274. The van der Waals surface area contributed by atoms with Crippen LogP contribution < -0.4 is 4.74 Å². The number of alkyl halides is 3. The van der Waals surface area contributed by atoms with Gasteiger partial charge in [0, 0.05) is 12.1 Å². The van der Waals surface area contributed by atoms with E-state index >= 15 is 0 Å². The largest absolute Gasteiger partial charge is 0.573 e. The molecule has 4 rings (SSSR count). The van der Waals surface area contributed by atoms with Gasteiger partial charge in [0.1, 0.15) is 17.4 Å².